The van der Waals surface area contributed by atoms with Crippen molar-refractivity contribution in [1.82, 2.24) is 16.0 Å². The third kappa shape index (κ3) is 8.79. The topological polar surface area (TPSA) is 149 Å². The molecule has 1 heterocycles. The first-order chi connectivity index (χ1) is 20.7. The molecule has 1 saturated carbocycles. The van der Waals surface area contributed by atoms with Crippen LogP contribution in [-0.4, -0.2) is 54.1 Å². The van der Waals surface area contributed by atoms with Gasteiger partial charge in [-0.25, -0.2) is 9.59 Å². The number of benzene rings is 2. The molecule has 43 heavy (non-hydrogen) atoms. The highest BCUT2D eigenvalue weighted by atomic mass is 16.6. The first kappa shape index (κ1) is 31.5. The maximum atomic E-state index is 13.1. The van der Waals surface area contributed by atoms with Gasteiger partial charge in [0.25, 0.3) is 5.91 Å². The smallest absolute Gasteiger partial charge is 0.408 e. The molecule has 0 unspecified atom stereocenters. The molecule has 0 bridgehead atoms. The van der Waals surface area contributed by atoms with Crippen LogP contribution in [0.25, 0.3) is 0 Å². The quantitative estimate of drug-likeness (QED) is 0.224. The van der Waals surface area contributed by atoms with Crippen LogP contribution < -0.4 is 16.0 Å². The van der Waals surface area contributed by atoms with Crippen LogP contribution in [0.4, 0.5) is 4.79 Å². The van der Waals surface area contributed by atoms with E-state index in [1.165, 1.54) is 6.92 Å². The highest BCUT2D eigenvalue weighted by Gasteiger charge is 2.51. The third-order valence-corrected chi connectivity index (χ3v) is 7.91. The number of amides is 3. The average molecular weight is 594 g/mol. The van der Waals surface area contributed by atoms with E-state index in [2.05, 4.69) is 16.0 Å². The predicted octanol–water partition coefficient (Wildman–Crippen LogP) is 3.01. The molecule has 0 aromatic heterocycles. The number of ether oxygens (including phenoxy) is 3. The second-order valence-electron chi connectivity index (χ2n) is 11.2. The predicted molar refractivity (Wildman–Crippen MR) is 155 cm³/mol. The molecular formula is C32H39N3O8. The summed E-state index contributed by atoms with van der Waals surface area (Å²) >= 11 is 0. The number of carbonyl (C=O) groups excluding carboxylic acids is 5. The molecule has 2 aromatic carbocycles. The fourth-order valence-electron chi connectivity index (χ4n) is 4.93. The van der Waals surface area contributed by atoms with Crippen molar-refractivity contribution in [3.05, 3.63) is 71.8 Å². The van der Waals surface area contributed by atoms with Gasteiger partial charge in [0.2, 0.25) is 5.91 Å². The van der Waals surface area contributed by atoms with Gasteiger partial charge in [0, 0.05) is 6.04 Å². The highest BCUT2D eigenvalue weighted by molar-refractivity contribution is 5.94. The molecule has 1 saturated heterocycles. The summed E-state index contributed by atoms with van der Waals surface area (Å²) in [5.41, 5.74) is 1.59. The fraction of sp³-hybridized carbons (Fsp3) is 0.469. The average Bonchev–Trinajstić information content (AvgIpc) is 3.74. The Labute approximate surface area is 251 Å². The van der Waals surface area contributed by atoms with Gasteiger partial charge in [-0.15, -0.1) is 0 Å². The van der Waals surface area contributed by atoms with Gasteiger partial charge in [-0.05, 0) is 42.7 Å². The van der Waals surface area contributed by atoms with Crippen molar-refractivity contribution in [2.75, 3.05) is 0 Å². The molecule has 230 valence electrons. The van der Waals surface area contributed by atoms with E-state index in [9.17, 15) is 24.0 Å². The summed E-state index contributed by atoms with van der Waals surface area (Å²) in [6.45, 7) is 5.43. The number of hydrogen-bond acceptors (Lipinski definition) is 8. The Morgan fingerprint density at radius 3 is 2.09 bits per heavy atom. The van der Waals surface area contributed by atoms with E-state index in [-0.39, 0.29) is 49.4 Å². The number of alkyl carbamates (subject to hydrolysis) is 1. The van der Waals surface area contributed by atoms with Gasteiger partial charge < -0.3 is 30.2 Å². The SMILES string of the molecule is CC[C@H](C)[C@@H]1C(=O)O[C@H]1C(=O)N[C@H]1C[C@@H]1C[C@H](NC(=O)[C@H](C)NC(=O)OCc1ccccc1)C(=O)OCc1ccccc1. The molecule has 4 rings (SSSR count). The van der Waals surface area contributed by atoms with Crippen LogP contribution in [0.1, 0.15) is 51.2 Å². The summed E-state index contributed by atoms with van der Waals surface area (Å²) in [4.78, 5) is 63.0. The second kappa shape index (κ2) is 14.7. The van der Waals surface area contributed by atoms with Crippen LogP contribution in [0, 0.1) is 17.8 Å². The zero-order chi connectivity index (χ0) is 30.9. The van der Waals surface area contributed by atoms with Crippen LogP contribution in [0.3, 0.4) is 0 Å². The molecule has 11 heteroatoms. The number of nitrogens with one attached hydrogen (secondary N) is 3. The van der Waals surface area contributed by atoms with E-state index in [1.54, 1.807) is 0 Å². The van der Waals surface area contributed by atoms with E-state index in [1.807, 2.05) is 74.5 Å². The summed E-state index contributed by atoms with van der Waals surface area (Å²) in [6.07, 6.45) is -0.0247. The minimum Gasteiger partial charge on any atom is -0.459 e. The lowest BCUT2D eigenvalue weighted by Crippen LogP contribution is -2.56. The minimum atomic E-state index is -1.01. The maximum Gasteiger partial charge on any atom is 0.408 e. The van der Waals surface area contributed by atoms with Crippen molar-refractivity contribution in [3.63, 3.8) is 0 Å². The van der Waals surface area contributed by atoms with E-state index in [0.29, 0.717) is 6.42 Å². The molecule has 3 N–H and O–H groups in total. The lowest BCUT2D eigenvalue weighted by Gasteiger charge is -2.37. The van der Waals surface area contributed by atoms with E-state index < -0.39 is 42.1 Å². The first-order valence-electron chi connectivity index (χ1n) is 14.6. The number of carbonyl (C=O) groups is 5. The highest BCUT2D eigenvalue weighted by Crippen LogP contribution is 2.37. The monoisotopic (exact) mass is 593 g/mol. The van der Waals surface area contributed by atoms with Crippen LogP contribution in [0.15, 0.2) is 60.7 Å². The molecule has 7 atom stereocenters. The maximum absolute atomic E-state index is 13.1. The molecule has 3 amide bonds. The zero-order valence-electron chi connectivity index (χ0n) is 24.6. The summed E-state index contributed by atoms with van der Waals surface area (Å²) in [5, 5.41) is 8.08. The largest absolute Gasteiger partial charge is 0.459 e. The molecule has 11 nitrogen and oxygen atoms in total. The standard InChI is InChI=1S/C32H39N3O8/c1-4-19(2)26-27(43-31(26)39)29(37)34-24-15-23(24)16-25(30(38)41-17-21-11-7-5-8-12-21)35-28(36)20(3)33-32(40)42-18-22-13-9-6-10-14-22/h5-14,19-20,23-27H,4,15-18H2,1-3H3,(H,33,40)(H,34,37)(H,35,36)/t19-,20-,23+,24-,25-,26-,27+/m0/s1. The molecule has 1 aliphatic carbocycles. The summed E-state index contributed by atoms with van der Waals surface area (Å²) in [5.74, 6) is -2.47. The first-order valence-corrected chi connectivity index (χ1v) is 14.6. The lowest BCUT2D eigenvalue weighted by atomic mass is 9.83. The van der Waals surface area contributed by atoms with Gasteiger partial charge in [-0.2, -0.15) is 0 Å². The summed E-state index contributed by atoms with van der Waals surface area (Å²) in [6, 6.07) is 16.0. The van der Waals surface area contributed by atoms with Gasteiger partial charge in [-0.1, -0.05) is 80.9 Å². The van der Waals surface area contributed by atoms with Crippen LogP contribution in [0.5, 0.6) is 0 Å². The van der Waals surface area contributed by atoms with Crippen molar-refractivity contribution in [2.24, 2.45) is 17.8 Å². The normalized spacial score (nSPS) is 22.4. The number of rotatable bonds is 14. The Hall–Kier alpha value is -4.41. The molecule has 2 aliphatic rings. The lowest BCUT2D eigenvalue weighted by molar-refractivity contribution is -0.193. The fourth-order valence-corrected chi connectivity index (χ4v) is 4.93. The van der Waals surface area contributed by atoms with Crippen molar-refractivity contribution in [1.29, 1.82) is 0 Å². The minimum absolute atomic E-state index is 0.0252. The molecular weight excluding hydrogens is 554 g/mol. The van der Waals surface area contributed by atoms with Crippen molar-refractivity contribution < 1.29 is 38.2 Å². The van der Waals surface area contributed by atoms with Crippen LogP contribution in [0.2, 0.25) is 0 Å². The Morgan fingerprint density at radius 1 is 0.907 bits per heavy atom. The number of cyclic esters (lactones) is 1. The van der Waals surface area contributed by atoms with Gasteiger partial charge in [0.1, 0.15) is 31.2 Å². The van der Waals surface area contributed by atoms with E-state index in [0.717, 1.165) is 17.5 Å². The number of hydrogen-bond donors (Lipinski definition) is 3. The van der Waals surface area contributed by atoms with Crippen LogP contribution >= 0.6 is 0 Å². The van der Waals surface area contributed by atoms with Gasteiger partial charge in [0.05, 0.1) is 0 Å². The molecule has 2 fully saturated rings. The summed E-state index contributed by atoms with van der Waals surface area (Å²) < 4.78 is 15.8. The van der Waals surface area contributed by atoms with E-state index >= 15 is 0 Å². The molecule has 2 aromatic rings. The molecule has 1 aliphatic heterocycles. The molecule has 0 spiro atoms. The van der Waals surface area contributed by atoms with Crippen molar-refractivity contribution >= 4 is 29.8 Å². The Morgan fingerprint density at radius 2 is 1.51 bits per heavy atom. The van der Waals surface area contributed by atoms with Gasteiger partial charge in [0.15, 0.2) is 6.10 Å². The zero-order valence-corrected chi connectivity index (χ0v) is 24.6. The van der Waals surface area contributed by atoms with Crippen LogP contribution in [-0.2, 0) is 46.6 Å². The van der Waals surface area contributed by atoms with Gasteiger partial charge in [-0.3, -0.25) is 14.4 Å². The van der Waals surface area contributed by atoms with Crippen molar-refractivity contribution in [2.45, 2.75) is 77.5 Å². The van der Waals surface area contributed by atoms with Gasteiger partial charge >= 0.3 is 18.0 Å². The number of esters is 2. The Balaban J connectivity index is 1.31. The Bertz CT molecular complexity index is 1290. The van der Waals surface area contributed by atoms with Crippen molar-refractivity contribution in [3.8, 4) is 0 Å². The van der Waals surface area contributed by atoms with E-state index in [4.69, 9.17) is 14.2 Å². The molecule has 0 radical (unpaired) electrons. The third-order valence-electron chi connectivity index (χ3n) is 7.91. The summed E-state index contributed by atoms with van der Waals surface area (Å²) in [7, 11) is 0. The second-order valence-corrected chi connectivity index (χ2v) is 11.2. The Kier molecular flexibility index (Phi) is 10.7.